The van der Waals surface area contributed by atoms with Gasteiger partial charge in [0.2, 0.25) is 5.91 Å². The van der Waals surface area contributed by atoms with Gasteiger partial charge in [0, 0.05) is 24.7 Å². The Kier molecular flexibility index (Phi) is 7.17. The van der Waals surface area contributed by atoms with Gasteiger partial charge in [0.25, 0.3) is 5.91 Å². The summed E-state index contributed by atoms with van der Waals surface area (Å²) in [7, 11) is 4.94. The highest BCUT2D eigenvalue weighted by Crippen LogP contribution is 2.31. The summed E-state index contributed by atoms with van der Waals surface area (Å²) < 4.78 is 10.8. The number of aryl methyl sites for hydroxylation is 1. The lowest BCUT2D eigenvalue weighted by Gasteiger charge is -2.32. The van der Waals surface area contributed by atoms with Crippen molar-refractivity contribution in [2.75, 3.05) is 39.7 Å². The number of rotatable bonds is 7. The van der Waals surface area contributed by atoms with E-state index in [1.165, 1.54) is 20.9 Å². The van der Waals surface area contributed by atoms with E-state index in [9.17, 15) is 9.59 Å². The molecule has 0 spiro atoms. The first-order valence-corrected chi connectivity index (χ1v) is 10.5. The second kappa shape index (κ2) is 9.83. The molecule has 0 aliphatic carbocycles. The van der Waals surface area contributed by atoms with Crippen LogP contribution in [0, 0.1) is 6.92 Å². The van der Waals surface area contributed by atoms with Gasteiger partial charge in [0.05, 0.1) is 27.3 Å². The SMILES string of the molecule is COc1cc2c(cc1OC)C[NH+]([C@H](C)C(=O)N(C)CC(=O)Nc1ccc(C)cc1)CC2. The van der Waals surface area contributed by atoms with Gasteiger partial charge in [0.15, 0.2) is 17.5 Å². The van der Waals surface area contributed by atoms with Crippen molar-refractivity contribution in [2.24, 2.45) is 0 Å². The van der Waals surface area contributed by atoms with Crippen LogP contribution in [0.5, 0.6) is 11.5 Å². The van der Waals surface area contributed by atoms with Crippen molar-refractivity contribution in [1.29, 1.82) is 0 Å². The predicted molar refractivity (Wildman–Crippen MR) is 120 cm³/mol. The van der Waals surface area contributed by atoms with Crippen LogP contribution in [0.1, 0.15) is 23.6 Å². The van der Waals surface area contributed by atoms with E-state index in [0.717, 1.165) is 36.5 Å². The van der Waals surface area contributed by atoms with Gasteiger partial charge in [-0.15, -0.1) is 0 Å². The van der Waals surface area contributed by atoms with E-state index in [1.807, 2.05) is 50.2 Å². The van der Waals surface area contributed by atoms with Crippen molar-refractivity contribution in [2.45, 2.75) is 32.9 Å². The minimum atomic E-state index is -0.251. The van der Waals surface area contributed by atoms with Crippen molar-refractivity contribution < 1.29 is 24.0 Å². The van der Waals surface area contributed by atoms with Crippen LogP contribution in [0.15, 0.2) is 36.4 Å². The summed E-state index contributed by atoms with van der Waals surface area (Å²) in [6, 6.07) is 11.4. The molecule has 0 saturated heterocycles. The Balaban J connectivity index is 1.60. The van der Waals surface area contributed by atoms with E-state index >= 15 is 0 Å². The zero-order chi connectivity index (χ0) is 22.5. The Morgan fingerprint density at radius 3 is 2.32 bits per heavy atom. The van der Waals surface area contributed by atoms with Gasteiger partial charge >= 0.3 is 0 Å². The number of carbonyl (C=O) groups excluding carboxylic acids is 2. The van der Waals surface area contributed by atoms with E-state index in [-0.39, 0.29) is 24.4 Å². The van der Waals surface area contributed by atoms with E-state index in [1.54, 1.807) is 21.3 Å². The zero-order valence-electron chi connectivity index (χ0n) is 19.0. The number of amides is 2. The molecule has 0 radical (unpaired) electrons. The average Bonchev–Trinajstić information content (AvgIpc) is 2.78. The number of benzene rings is 2. The molecule has 2 aromatic carbocycles. The van der Waals surface area contributed by atoms with Crippen LogP contribution in [-0.2, 0) is 22.6 Å². The molecule has 2 atom stereocenters. The third-order valence-corrected chi connectivity index (χ3v) is 5.91. The van der Waals surface area contributed by atoms with Crippen LogP contribution in [0.25, 0.3) is 0 Å². The number of anilines is 1. The molecule has 166 valence electrons. The number of likely N-dealkylation sites (N-methyl/N-ethyl adjacent to an activating group) is 1. The van der Waals surface area contributed by atoms with E-state index in [0.29, 0.717) is 5.75 Å². The lowest BCUT2D eigenvalue weighted by Crippen LogP contribution is -3.16. The van der Waals surface area contributed by atoms with Crippen molar-refractivity contribution >= 4 is 17.5 Å². The van der Waals surface area contributed by atoms with Crippen LogP contribution >= 0.6 is 0 Å². The molecule has 31 heavy (non-hydrogen) atoms. The molecular weight excluding hydrogens is 394 g/mol. The first-order valence-electron chi connectivity index (χ1n) is 10.5. The maximum absolute atomic E-state index is 13.0. The topological polar surface area (TPSA) is 72.3 Å². The standard InChI is InChI=1S/C24H31N3O4/c1-16-6-8-20(9-7-16)25-23(28)15-26(3)24(29)17(2)27-11-10-18-12-21(30-4)22(31-5)13-19(18)14-27/h6-9,12-13,17H,10-11,14-15H2,1-5H3,(H,25,28)/p+1/t17-/m1/s1. The number of carbonyl (C=O) groups is 2. The highest BCUT2D eigenvalue weighted by atomic mass is 16.5. The fourth-order valence-corrected chi connectivity index (χ4v) is 3.99. The number of fused-ring (bicyclic) bond motifs is 1. The molecule has 2 N–H and O–H groups in total. The minimum absolute atomic E-state index is 0.0198. The maximum atomic E-state index is 13.0. The molecule has 1 aliphatic rings. The first kappa shape index (κ1) is 22.6. The number of ether oxygens (including phenoxy) is 2. The highest BCUT2D eigenvalue weighted by molar-refractivity contribution is 5.94. The highest BCUT2D eigenvalue weighted by Gasteiger charge is 2.32. The number of hydrogen-bond donors (Lipinski definition) is 2. The summed E-state index contributed by atoms with van der Waals surface area (Å²) in [5.74, 6) is 1.18. The van der Waals surface area contributed by atoms with Crippen molar-refractivity contribution in [3.63, 3.8) is 0 Å². The molecule has 0 fully saturated rings. The van der Waals surface area contributed by atoms with Gasteiger partial charge in [-0.25, -0.2) is 0 Å². The normalized spacial score (nSPS) is 16.1. The fraction of sp³-hybridized carbons (Fsp3) is 0.417. The molecule has 1 unspecified atom stereocenters. The number of nitrogens with one attached hydrogen (secondary N) is 2. The van der Waals surface area contributed by atoms with Crippen molar-refractivity contribution in [1.82, 2.24) is 4.90 Å². The molecular formula is C24H32N3O4+. The number of quaternary nitrogens is 1. The van der Waals surface area contributed by atoms with Crippen LogP contribution in [0.2, 0.25) is 0 Å². The second-order valence-corrected chi connectivity index (χ2v) is 8.14. The second-order valence-electron chi connectivity index (χ2n) is 8.14. The third kappa shape index (κ3) is 5.35. The van der Waals surface area contributed by atoms with E-state index in [4.69, 9.17) is 9.47 Å². The predicted octanol–water partition coefficient (Wildman–Crippen LogP) is 1.44. The summed E-state index contributed by atoms with van der Waals surface area (Å²) in [4.78, 5) is 28.0. The molecule has 7 heteroatoms. The summed E-state index contributed by atoms with van der Waals surface area (Å²) >= 11 is 0. The maximum Gasteiger partial charge on any atom is 0.280 e. The lowest BCUT2D eigenvalue weighted by atomic mass is 9.97. The Morgan fingerprint density at radius 2 is 1.71 bits per heavy atom. The van der Waals surface area contributed by atoms with Gasteiger partial charge in [-0.05, 0) is 43.7 Å². The molecule has 2 aromatic rings. The van der Waals surface area contributed by atoms with Crippen LogP contribution in [-0.4, -0.2) is 57.1 Å². The Hall–Kier alpha value is -3.06. The summed E-state index contributed by atoms with van der Waals surface area (Å²) in [6.07, 6.45) is 0.861. The third-order valence-electron chi connectivity index (χ3n) is 5.91. The van der Waals surface area contributed by atoms with E-state index in [2.05, 4.69) is 5.32 Å². The molecule has 3 rings (SSSR count). The van der Waals surface area contributed by atoms with Crippen LogP contribution in [0.4, 0.5) is 5.69 Å². The summed E-state index contributed by atoms with van der Waals surface area (Å²) in [5, 5.41) is 2.84. The Bertz CT molecular complexity index is 943. The number of nitrogens with zero attached hydrogens (tertiary/aromatic N) is 1. The molecule has 0 saturated carbocycles. The van der Waals surface area contributed by atoms with Gasteiger partial charge < -0.3 is 24.6 Å². The summed E-state index contributed by atoms with van der Waals surface area (Å²) in [5.41, 5.74) is 4.25. The summed E-state index contributed by atoms with van der Waals surface area (Å²) in [6.45, 7) is 5.52. The lowest BCUT2D eigenvalue weighted by molar-refractivity contribution is -0.930. The fourth-order valence-electron chi connectivity index (χ4n) is 3.99. The molecule has 1 aliphatic heterocycles. The minimum Gasteiger partial charge on any atom is -0.493 e. The van der Waals surface area contributed by atoms with Crippen molar-refractivity contribution in [3.05, 3.63) is 53.1 Å². The molecule has 1 heterocycles. The van der Waals surface area contributed by atoms with Gasteiger partial charge in [0.1, 0.15) is 6.54 Å². The Labute approximate surface area is 183 Å². The molecule has 7 nitrogen and oxygen atoms in total. The van der Waals surface area contributed by atoms with Gasteiger partial charge in [-0.2, -0.15) is 0 Å². The smallest absolute Gasteiger partial charge is 0.280 e. The Morgan fingerprint density at radius 1 is 1.10 bits per heavy atom. The monoisotopic (exact) mass is 426 g/mol. The first-order chi connectivity index (χ1) is 14.8. The van der Waals surface area contributed by atoms with Crippen LogP contribution in [0.3, 0.4) is 0 Å². The average molecular weight is 427 g/mol. The number of methoxy groups -OCH3 is 2. The zero-order valence-corrected chi connectivity index (χ0v) is 19.0. The van der Waals surface area contributed by atoms with Gasteiger partial charge in [-0.1, -0.05) is 17.7 Å². The van der Waals surface area contributed by atoms with Gasteiger partial charge in [-0.3, -0.25) is 9.59 Å². The van der Waals surface area contributed by atoms with Crippen molar-refractivity contribution in [3.8, 4) is 11.5 Å². The molecule has 2 amide bonds. The van der Waals surface area contributed by atoms with E-state index < -0.39 is 0 Å². The largest absolute Gasteiger partial charge is 0.493 e. The van der Waals surface area contributed by atoms with Crippen LogP contribution < -0.4 is 19.7 Å². The number of hydrogen-bond acceptors (Lipinski definition) is 4. The molecule has 0 aromatic heterocycles. The molecule has 0 bridgehead atoms. The quantitative estimate of drug-likeness (QED) is 0.703.